The van der Waals surface area contributed by atoms with Gasteiger partial charge < -0.3 is 29.7 Å². The van der Waals surface area contributed by atoms with E-state index in [0.29, 0.717) is 57.3 Å². The fraction of sp³-hybridized carbons (Fsp3) is 0.696. The number of anilines is 1. The lowest BCUT2D eigenvalue weighted by atomic mass is 10.1. The van der Waals surface area contributed by atoms with Crippen LogP contribution in [0, 0.1) is 11.7 Å². The number of methoxy groups -OCH3 is 1. The van der Waals surface area contributed by atoms with Crippen molar-refractivity contribution < 1.29 is 19.0 Å². The van der Waals surface area contributed by atoms with Gasteiger partial charge in [0.25, 0.3) is 0 Å². The van der Waals surface area contributed by atoms with Gasteiger partial charge in [-0.25, -0.2) is 9.38 Å². The van der Waals surface area contributed by atoms with Crippen molar-refractivity contribution in [3.8, 4) is 0 Å². The standard InChI is InChI=1S/C23H37FN4O3.HI/c1-3-25-23(28-9-6-19(16-28)17-31-13-12-30-2)26-15-18-4-5-22(21(24)14-18)27-10-7-20(29)8-11-27;/h4-5,14,19-20,29H,3,6-13,15-17H2,1-2H3,(H,25,26);1H. The molecule has 0 aliphatic carbocycles. The predicted octanol–water partition coefficient (Wildman–Crippen LogP) is 2.86. The summed E-state index contributed by atoms with van der Waals surface area (Å²) in [7, 11) is 1.68. The van der Waals surface area contributed by atoms with Gasteiger partial charge in [-0.05, 0) is 43.9 Å². The summed E-state index contributed by atoms with van der Waals surface area (Å²) in [6.07, 6.45) is 2.18. The van der Waals surface area contributed by atoms with Crippen LogP contribution in [0.25, 0.3) is 0 Å². The van der Waals surface area contributed by atoms with Crippen LogP contribution in [0.5, 0.6) is 0 Å². The van der Waals surface area contributed by atoms with Crippen molar-refractivity contribution in [1.82, 2.24) is 10.2 Å². The van der Waals surface area contributed by atoms with Crippen LogP contribution in [0.3, 0.4) is 0 Å². The van der Waals surface area contributed by atoms with E-state index in [1.807, 2.05) is 17.0 Å². The Morgan fingerprint density at radius 1 is 1.22 bits per heavy atom. The zero-order chi connectivity index (χ0) is 22.1. The SMILES string of the molecule is CCNC(=NCc1ccc(N2CCC(O)CC2)c(F)c1)N1CCC(COCCOC)C1.I. The molecule has 2 aliphatic heterocycles. The fourth-order valence-electron chi connectivity index (χ4n) is 4.16. The minimum Gasteiger partial charge on any atom is -0.393 e. The summed E-state index contributed by atoms with van der Waals surface area (Å²) in [5, 5.41) is 13.0. The van der Waals surface area contributed by atoms with Crippen molar-refractivity contribution in [2.24, 2.45) is 10.9 Å². The Hall–Kier alpha value is -1.17. The molecule has 0 radical (unpaired) electrons. The number of aliphatic imine (C=N–C) groups is 1. The van der Waals surface area contributed by atoms with Gasteiger partial charge >= 0.3 is 0 Å². The van der Waals surface area contributed by atoms with E-state index in [9.17, 15) is 9.50 Å². The first-order valence-electron chi connectivity index (χ1n) is 11.4. The lowest BCUT2D eigenvalue weighted by molar-refractivity contribution is 0.0536. The van der Waals surface area contributed by atoms with Gasteiger partial charge in [0.15, 0.2) is 5.96 Å². The summed E-state index contributed by atoms with van der Waals surface area (Å²) in [4.78, 5) is 9.03. The molecule has 1 aromatic carbocycles. The van der Waals surface area contributed by atoms with Crippen molar-refractivity contribution in [2.75, 3.05) is 64.6 Å². The summed E-state index contributed by atoms with van der Waals surface area (Å²) in [5.74, 6) is 1.14. The molecule has 2 heterocycles. The molecule has 0 amide bonds. The maximum Gasteiger partial charge on any atom is 0.194 e. The van der Waals surface area contributed by atoms with E-state index in [2.05, 4.69) is 17.1 Å². The fourth-order valence-corrected chi connectivity index (χ4v) is 4.16. The van der Waals surface area contributed by atoms with Gasteiger partial charge in [-0.2, -0.15) is 0 Å². The zero-order valence-corrected chi connectivity index (χ0v) is 21.6. The molecule has 9 heteroatoms. The van der Waals surface area contributed by atoms with E-state index >= 15 is 0 Å². The van der Waals surface area contributed by atoms with Crippen LogP contribution in [-0.2, 0) is 16.0 Å². The highest BCUT2D eigenvalue weighted by atomic mass is 127. The third-order valence-electron chi connectivity index (χ3n) is 5.93. The zero-order valence-electron chi connectivity index (χ0n) is 19.3. The van der Waals surface area contributed by atoms with E-state index in [4.69, 9.17) is 14.5 Å². The maximum atomic E-state index is 14.7. The smallest absolute Gasteiger partial charge is 0.194 e. The number of ether oxygens (including phenoxy) is 2. The van der Waals surface area contributed by atoms with Crippen molar-refractivity contribution in [3.63, 3.8) is 0 Å². The lowest BCUT2D eigenvalue weighted by Crippen LogP contribution is -2.40. The maximum absolute atomic E-state index is 14.7. The molecule has 32 heavy (non-hydrogen) atoms. The van der Waals surface area contributed by atoms with Crippen molar-refractivity contribution in [3.05, 3.63) is 29.6 Å². The summed E-state index contributed by atoms with van der Waals surface area (Å²) in [5.41, 5.74) is 1.47. The molecule has 0 bridgehead atoms. The first kappa shape index (κ1) is 27.1. The molecule has 0 aromatic heterocycles. The first-order chi connectivity index (χ1) is 15.1. The number of hydrogen-bond donors (Lipinski definition) is 2. The molecule has 2 aliphatic rings. The molecule has 0 saturated carbocycles. The Morgan fingerprint density at radius 3 is 2.69 bits per heavy atom. The van der Waals surface area contributed by atoms with Gasteiger partial charge in [0.05, 0.1) is 38.2 Å². The van der Waals surface area contributed by atoms with Crippen LogP contribution in [0.15, 0.2) is 23.2 Å². The van der Waals surface area contributed by atoms with Crippen LogP contribution in [0.2, 0.25) is 0 Å². The summed E-state index contributed by atoms with van der Waals surface area (Å²) >= 11 is 0. The van der Waals surface area contributed by atoms with Crippen LogP contribution >= 0.6 is 24.0 Å². The highest BCUT2D eigenvalue weighted by Gasteiger charge is 2.25. The molecule has 2 fully saturated rings. The highest BCUT2D eigenvalue weighted by molar-refractivity contribution is 14.0. The third kappa shape index (κ3) is 8.00. The molecule has 182 valence electrons. The molecule has 1 aromatic rings. The number of aliphatic hydroxyl groups excluding tert-OH is 1. The summed E-state index contributed by atoms with van der Waals surface area (Å²) in [6, 6.07) is 5.38. The molecule has 7 nitrogen and oxygen atoms in total. The van der Waals surface area contributed by atoms with E-state index in [1.165, 1.54) is 0 Å². The van der Waals surface area contributed by atoms with Crippen molar-refractivity contribution >= 4 is 35.6 Å². The molecule has 2 saturated heterocycles. The van der Waals surface area contributed by atoms with Gasteiger partial charge in [0.1, 0.15) is 5.82 Å². The van der Waals surface area contributed by atoms with Gasteiger partial charge in [0, 0.05) is 45.8 Å². The molecular weight excluding hydrogens is 526 g/mol. The highest BCUT2D eigenvalue weighted by Crippen LogP contribution is 2.25. The predicted molar refractivity (Wildman–Crippen MR) is 136 cm³/mol. The number of nitrogens with zero attached hydrogens (tertiary/aromatic N) is 3. The average Bonchev–Trinajstić information content (AvgIpc) is 3.24. The molecule has 3 rings (SSSR count). The minimum absolute atomic E-state index is 0. The van der Waals surface area contributed by atoms with Gasteiger partial charge in [-0.15, -0.1) is 24.0 Å². The normalized spacial score (nSPS) is 19.9. The second-order valence-electron chi connectivity index (χ2n) is 8.34. The van der Waals surface area contributed by atoms with E-state index in [0.717, 1.165) is 44.2 Å². The Morgan fingerprint density at radius 2 is 2.00 bits per heavy atom. The molecule has 0 spiro atoms. The summed E-state index contributed by atoms with van der Waals surface area (Å²) < 4.78 is 25.4. The topological polar surface area (TPSA) is 69.6 Å². The van der Waals surface area contributed by atoms with Gasteiger partial charge in [-0.3, -0.25) is 0 Å². The number of rotatable bonds is 9. The number of nitrogens with one attached hydrogen (secondary N) is 1. The van der Waals surface area contributed by atoms with Gasteiger partial charge in [0.2, 0.25) is 0 Å². The Kier molecular flexibility index (Phi) is 12.0. The average molecular weight is 564 g/mol. The Balaban J connectivity index is 0.00000363. The number of piperidine rings is 1. The van der Waals surface area contributed by atoms with Crippen LogP contribution in [0.1, 0.15) is 31.7 Å². The van der Waals surface area contributed by atoms with E-state index < -0.39 is 0 Å². The summed E-state index contributed by atoms with van der Waals surface area (Å²) in [6.45, 7) is 8.49. The van der Waals surface area contributed by atoms with Crippen LogP contribution < -0.4 is 10.2 Å². The molecule has 1 unspecified atom stereocenters. The van der Waals surface area contributed by atoms with Gasteiger partial charge in [-0.1, -0.05) is 6.07 Å². The number of guanidine groups is 1. The lowest BCUT2D eigenvalue weighted by Gasteiger charge is -2.31. The molecule has 2 N–H and O–H groups in total. The third-order valence-corrected chi connectivity index (χ3v) is 5.93. The molecule has 1 atom stereocenters. The first-order valence-corrected chi connectivity index (χ1v) is 11.4. The van der Waals surface area contributed by atoms with E-state index in [-0.39, 0.29) is 35.9 Å². The van der Waals surface area contributed by atoms with Crippen LogP contribution in [0.4, 0.5) is 10.1 Å². The van der Waals surface area contributed by atoms with Crippen molar-refractivity contribution in [1.29, 1.82) is 0 Å². The Bertz CT molecular complexity index is 716. The number of benzene rings is 1. The number of aliphatic hydroxyl groups is 1. The largest absolute Gasteiger partial charge is 0.393 e. The van der Waals surface area contributed by atoms with E-state index in [1.54, 1.807) is 13.2 Å². The molecular formula is C23H38FIN4O3. The number of hydrogen-bond acceptors (Lipinski definition) is 5. The van der Waals surface area contributed by atoms with Crippen molar-refractivity contribution in [2.45, 2.75) is 38.8 Å². The number of halogens is 2. The second kappa shape index (κ2) is 14.2. The second-order valence-corrected chi connectivity index (χ2v) is 8.34. The Labute approximate surface area is 208 Å². The quantitative estimate of drug-likeness (QED) is 0.208. The minimum atomic E-state index is -0.264. The monoisotopic (exact) mass is 564 g/mol. The van der Waals surface area contributed by atoms with Crippen LogP contribution in [-0.4, -0.2) is 81.7 Å². The number of likely N-dealkylation sites (tertiary alicyclic amines) is 1.